The van der Waals surface area contributed by atoms with Gasteiger partial charge in [0.15, 0.2) is 0 Å². The Kier molecular flexibility index (Phi) is 8.17. The van der Waals surface area contributed by atoms with E-state index >= 15 is 0 Å². The molecule has 0 bridgehead atoms. The van der Waals surface area contributed by atoms with Crippen molar-refractivity contribution in [2.75, 3.05) is 10.6 Å². The molecule has 2 amide bonds. The highest BCUT2D eigenvalue weighted by Gasteiger charge is 2.19. The van der Waals surface area contributed by atoms with Gasteiger partial charge in [-0.25, -0.2) is 0 Å². The number of rotatable bonds is 12. The molecule has 37 heavy (non-hydrogen) atoms. The van der Waals surface area contributed by atoms with Crippen molar-refractivity contribution in [1.29, 1.82) is 0 Å². The fourth-order valence-corrected chi connectivity index (χ4v) is 3.58. The molecule has 2 aromatic heterocycles. The van der Waals surface area contributed by atoms with Crippen molar-refractivity contribution in [3.05, 3.63) is 109 Å². The number of hydrogen-bond donors (Lipinski definition) is 4. The standard InChI is InChI=1S/C26H25BN6O4/c28-25(34)23(17-7-3-1-4-8-17)32-19-11-21(15-30-13-19)36-27-37-22-12-20(14-31-16-22)33-24(26(29)35)18-9-5-2-6-10-18/h1-16,23-24,27,32-33H,(H2,28,34)(H2,29,35). The van der Waals surface area contributed by atoms with E-state index in [0.717, 1.165) is 11.1 Å². The maximum absolute atomic E-state index is 12.0. The summed E-state index contributed by atoms with van der Waals surface area (Å²) in [5.41, 5.74) is 13.7. The number of amides is 2. The van der Waals surface area contributed by atoms with Crippen molar-refractivity contribution < 1.29 is 18.9 Å². The van der Waals surface area contributed by atoms with Crippen molar-refractivity contribution in [2.24, 2.45) is 11.5 Å². The number of carbonyl (C=O) groups excluding carboxylic acids is 2. The molecule has 0 aliphatic carbocycles. The Balaban J connectivity index is 1.36. The van der Waals surface area contributed by atoms with Crippen LogP contribution in [0.3, 0.4) is 0 Å². The Morgan fingerprint density at radius 3 is 1.46 bits per heavy atom. The number of nitrogens with two attached hydrogens (primary N) is 2. The smallest absolute Gasteiger partial charge is 0.527 e. The SMILES string of the molecule is NC(=O)C(Nc1cncc(OBOc2cncc(NC(C(N)=O)c3ccccc3)c2)c1)c1ccccc1. The summed E-state index contributed by atoms with van der Waals surface area (Å²) < 4.78 is 11.3. The van der Waals surface area contributed by atoms with Gasteiger partial charge in [-0.3, -0.25) is 19.6 Å². The van der Waals surface area contributed by atoms with E-state index in [0.29, 0.717) is 22.9 Å². The Labute approximate surface area is 214 Å². The predicted octanol–water partition coefficient (Wildman–Crippen LogP) is 2.48. The number of hydrogen-bond acceptors (Lipinski definition) is 8. The van der Waals surface area contributed by atoms with E-state index in [4.69, 9.17) is 20.8 Å². The van der Waals surface area contributed by atoms with Gasteiger partial charge in [0, 0.05) is 12.1 Å². The molecule has 2 atom stereocenters. The van der Waals surface area contributed by atoms with Crippen LogP contribution < -0.4 is 31.4 Å². The highest BCUT2D eigenvalue weighted by atomic mass is 16.6. The van der Waals surface area contributed by atoms with E-state index in [1.165, 1.54) is 12.4 Å². The minimum absolute atomic E-state index is 0.133. The van der Waals surface area contributed by atoms with Crippen LogP contribution in [0.2, 0.25) is 0 Å². The summed E-state index contributed by atoms with van der Waals surface area (Å²) >= 11 is 0. The summed E-state index contributed by atoms with van der Waals surface area (Å²) in [6.45, 7) is 0. The zero-order valence-corrected chi connectivity index (χ0v) is 19.8. The molecule has 4 aromatic rings. The zero-order valence-electron chi connectivity index (χ0n) is 19.8. The van der Waals surface area contributed by atoms with Crippen LogP contribution in [0.1, 0.15) is 23.2 Å². The van der Waals surface area contributed by atoms with E-state index in [-0.39, 0.29) is 7.69 Å². The lowest BCUT2D eigenvalue weighted by Gasteiger charge is -2.18. The summed E-state index contributed by atoms with van der Waals surface area (Å²) in [7, 11) is -0.133. The first-order valence-corrected chi connectivity index (χ1v) is 11.4. The number of carbonyl (C=O) groups is 2. The van der Waals surface area contributed by atoms with Crippen molar-refractivity contribution in [2.45, 2.75) is 12.1 Å². The van der Waals surface area contributed by atoms with Crippen LogP contribution in [-0.2, 0) is 9.59 Å². The lowest BCUT2D eigenvalue weighted by atomic mass is 10.1. The Morgan fingerprint density at radius 2 is 1.08 bits per heavy atom. The van der Waals surface area contributed by atoms with Gasteiger partial charge >= 0.3 is 7.69 Å². The van der Waals surface area contributed by atoms with Crippen molar-refractivity contribution in [3.63, 3.8) is 0 Å². The molecule has 6 N–H and O–H groups in total. The van der Waals surface area contributed by atoms with Crippen LogP contribution in [0.4, 0.5) is 11.4 Å². The largest absolute Gasteiger partial charge is 0.576 e. The molecule has 0 radical (unpaired) electrons. The van der Waals surface area contributed by atoms with Gasteiger partial charge in [-0.2, -0.15) is 0 Å². The minimum atomic E-state index is -0.726. The van der Waals surface area contributed by atoms with Crippen LogP contribution in [0.25, 0.3) is 0 Å². The predicted molar refractivity (Wildman–Crippen MR) is 141 cm³/mol. The summed E-state index contributed by atoms with van der Waals surface area (Å²) in [6, 6.07) is 20.2. The summed E-state index contributed by atoms with van der Waals surface area (Å²) in [5.74, 6) is -0.205. The maximum atomic E-state index is 12.0. The van der Waals surface area contributed by atoms with Gasteiger partial charge in [0.1, 0.15) is 23.6 Å². The molecule has 0 aliphatic heterocycles. The number of nitrogens with zero attached hydrogens (tertiary/aromatic N) is 2. The third kappa shape index (κ3) is 6.98. The summed E-state index contributed by atoms with van der Waals surface area (Å²) in [4.78, 5) is 32.3. The van der Waals surface area contributed by atoms with Gasteiger partial charge in [0.2, 0.25) is 11.8 Å². The number of aromatic nitrogens is 2. The lowest BCUT2D eigenvalue weighted by molar-refractivity contribution is -0.119. The molecule has 0 spiro atoms. The van der Waals surface area contributed by atoms with Gasteiger partial charge in [-0.05, 0) is 11.1 Å². The van der Waals surface area contributed by atoms with E-state index in [2.05, 4.69) is 20.6 Å². The molecule has 4 rings (SSSR count). The monoisotopic (exact) mass is 496 g/mol. The van der Waals surface area contributed by atoms with Gasteiger partial charge in [0.25, 0.3) is 0 Å². The van der Waals surface area contributed by atoms with Crippen molar-refractivity contribution in [1.82, 2.24) is 9.97 Å². The number of primary amides is 2. The molecular formula is C26H25BN6O4. The second-order valence-corrected chi connectivity index (χ2v) is 8.01. The topological polar surface area (TPSA) is 154 Å². The van der Waals surface area contributed by atoms with E-state index in [1.54, 1.807) is 24.5 Å². The molecular weight excluding hydrogens is 471 g/mol. The molecule has 0 aliphatic rings. The number of benzene rings is 2. The van der Waals surface area contributed by atoms with Crippen molar-refractivity contribution >= 4 is 30.9 Å². The first-order valence-electron chi connectivity index (χ1n) is 11.4. The molecule has 11 heteroatoms. The molecule has 2 unspecified atom stereocenters. The number of anilines is 2. The number of nitrogens with one attached hydrogen (secondary N) is 2. The average molecular weight is 496 g/mol. The normalized spacial score (nSPS) is 12.0. The number of pyridine rings is 2. The Bertz CT molecular complexity index is 1240. The molecule has 2 aromatic carbocycles. The summed E-state index contributed by atoms with van der Waals surface area (Å²) in [5, 5.41) is 6.16. The second-order valence-electron chi connectivity index (χ2n) is 8.01. The van der Waals surface area contributed by atoms with E-state index in [1.807, 2.05) is 60.7 Å². The first-order chi connectivity index (χ1) is 18.0. The van der Waals surface area contributed by atoms with Crippen LogP contribution in [0, 0.1) is 0 Å². The van der Waals surface area contributed by atoms with Gasteiger partial charge in [-0.15, -0.1) is 0 Å². The minimum Gasteiger partial charge on any atom is -0.527 e. The van der Waals surface area contributed by atoms with Gasteiger partial charge in [0.05, 0.1) is 36.2 Å². The second kappa shape index (κ2) is 12.1. The Morgan fingerprint density at radius 1 is 0.676 bits per heavy atom. The van der Waals surface area contributed by atoms with E-state index < -0.39 is 23.9 Å². The summed E-state index contributed by atoms with van der Waals surface area (Å²) in [6.07, 6.45) is 6.16. The van der Waals surface area contributed by atoms with Crippen LogP contribution >= 0.6 is 0 Å². The molecule has 10 nitrogen and oxygen atoms in total. The van der Waals surface area contributed by atoms with Gasteiger partial charge < -0.3 is 31.4 Å². The zero-order chi connectivity index (χ0) is 26.0. The van der Waals surface area contributed by atoms with Crippen molar-refractivity contribution in [3.8, 4) is 11.5 Å². The first kappa shape index (κ1) is 25.1. The molecule has 2 heterocycles. The fraction of sp³-hybridized carbons (Fsp3) is 0.0769. The van der Waals surface area contributed by atoms with E-state index in [9.17, 15) is 9.59 Å². The molecule has 0 saturated carbocycles. The van der Waals surface area contributed by atoms with Crippen LogP contribution in [0.15, 0.2) is 97.6 Å². The molecule has 0 fully saturated rings. The third-order valence-electron chi connectivity index (χ3n) is 5.33. The maximum Gasteiger partial charge on any atom is 0.576 e. The average Bonchev–Trinajstić information content (AvgIpc) is 2.91. The van der Waals surface area contributed by atoms with Gasteiger partial charge in [-0.1, -0.05) is 60.7 Å². The highest BCUT2D eigenvalue weighted by Crippen LogP contribution is 2.24. The van der Waals surface area contributed by atoms with Crippen LogP contribution in [-0.4, -0.2) is 29.5 Å². The lowest BCUT2D eigenvalue weighted by Crippen LogP contribution is -2.27. The van der Waals surface area contributed by atoms with Crippen LogP contribution in [0.5, 0.6) is 11.5 Å². The molecule has 0 saturated heterocycles. The fourth-order valence-electron chi connectivity index (χ4n) is 3.58. The highest BCUT2D eigenvalue weighted by molar-refractivity contribution is 6.20. The third-order valence-corrected chi connectivity index (χ3v) is 5.33. The quantitative estimate of drug-likeness (QED) is 0.218. The Hall–Kier alpha value is -5.06. The molecule has 186 valence electrons.